The third-order valence-electron chi connectivity index (χ3n) is 9.63. The molecule has 1 aromatic carbocycles. The normalized spacial score (nSPS) is 16.5. The smallest absolute Gasteiger partial charge is 0.409 e. The van der Waals surface area contributed by atoms with Gasteiger partial charge in [-0.3, -0.25) is 33.9 Å². The van der Waals surface area contributed by atoms with Crippen molar-refractivity contribution in [2.24, 2.45) is 0 Å². The molecule has 0 saturated carbocycles. The molecule has 61 heavy (non-hydrogen) atoms. The number of carbonyl (C=O) groups excluding carboxylic acids is 5. The summed E-state index contributed by atoms with van der Waals surface area (Å²) >= 11 is 0. The number of unbranched alkanes of at least 4 members (excludes halogenated alkanes) is 1. The van der Waals surface area contributed by atoms with E-state index in [4.69, 9.17) is 23.9 Å². The molecule has 2 fully saturated rings. The summed E-state index contributed by atoms with van der Waals surface area (Å²) in [6, 6.07) is 9.36. The SMILES string of the molecule is CCCCOC(=O)N1CCN(C(=O)C(CP(=O)(NCCC(=O)OC(C)(C)C)NCCC(=O)OC(C)(C)C)NC(=O)c2cc(N3CC[C@H](OC)C3)nc(-c3ccccc3)n2)CC1. The highest BCUT2D eigenvalue weighted by molar-refractivity contribution is 7.59. The van der Waals surface area contributed by atoms with E-state index in [-0.39, 0.29) is 63.9 Å². The summed E-state index contributed by atoms with van der Waals surface area (Å²) in [5.41, 5.74) is -0.835. The average Bonchev–Trinajstić information content (AvgIpc) is 3.69. The van der Waals surface area contributed by atoms with Crippen LogP contribution in [-0.2, 0) is 37.9 Å². The van der Waals surface area contributed by atoms with E-state index < -0.39 is 60.7 Å². The number of esters is 2. The first-order chi connectivity index (χ1) is 28.8. The van der Waals surface area contributed by atoms with E-state index in [1.807, 2.05) is 42.2 Å². The number of anilines is 1. The van der Waals surface area contributed by atoms with Gasteiger partial charge in [-0.15, -0.1) is 0 Å². The summed E-state index contributed by atoms with van der Waals surface area (Å²) in [6.07, 6.45) is 1.12. The average molecular weight is 873 g/mol. The summed E-state index contributed by atoms with van der Waals surface area (Å²) in [6.45, 7) is 14.3. The van der Waals surface area contributed by atoms with Gasteiger partial charge >= 0.3 is 18.0 Å². The molecule has 0 radical (unpaired) electrons. The van der Waals surface area contributed by atoms with Crippen LogP contribution in [0.3, 0.4) is 0 Å². The molecule has 1 aromatic heterocycles. The fourth-order valence-corrected chi connectivity index (χ4v) is 8.68. The number of ether oxygens (including phenoxy) is 4. The van der Waals surface area contributed by atoms with Crippen LogP contribution in [0.25, 0.3) is 11.4 Å². The Morgan fingerprint density at radius 3 is 1.98 bits per heavy atom. The minimum atomic E-state index is -3.90. The van der Waals surface area contributed by atoms with E-state index >= 15 is 0 Å². The van der Waals surface area contributed by atoms with E-state index in [1.165, 1.54) is 9.80 Å². The minimum Gasteiger partial charge on any atom is -0.460 e. The van der Waals surface area contributed by atoms with Gasteiger partial charge in [0.2, 0.25) is 13.4 Å². The van der Waals surface area contributed by atoms with Gasteiger partial charge in [-0.2, -0.15) is 0 Å². The van der Waals surface area contributed by atoms with Crippen molar-refractivity contribution in [3.05, 3.63) is 42.1 Å². The minimum absolute atomic E-state index is 0.0205. The van der Waals surface area contributed by atoms with Crippen molar-refractivity contribution >= 4 is 43.1 Å². The number of amides is 3. The first kappa shape index (κ1) is 49.0. The van der Waals surface area contributed by atoms with Gasteiger partial charge < -0.3 is 39.0 Å². The molecule has 2 aromatic rings. The summed E-state index contributed by atoms with van der Waals surface area (Å²) in [7, 11) is -2.25. The highest BCUT2D eigenvalue weighted by Gasteiger charge is 2.37. The summed E-state index contributed by atoms with van der Waals surface area (Å²) < 4.78 is 36.7. The largest absolute Gasteiger partial charge is 0.460 e. The van der Waals surface area contributed by atoms with Gasteiger partial charge in [-0.05, 0) is 54.4 Å². The fraction of sp³-hybridized carbons (Fsp3) is 0.643. The number of nitrogens with one attached hydrogen (secondary N) is 3. The van der Waals surface area contributed by atoms with Crippen LogP contribution in [0.1, 0.15) is 91.1 Å². The molecule has 2 aliphatic heterocycles. The van der Waals surface area contributed by atoms with Gasteiger partial charge in [-0.25, -0.2) is 14.8 Å². The second kappa shape index (κ2) is 22.5. The lowest BCUT2D eigenvalue weighted by molar-refractivity contribution is -0.155. The van der Waals surface area contributed by atoms with Crippen LogP contribution in [0.4, 0.5) is 10.6 Å². The molecule has 2 atom stereocenters. The van der Waals surface area contributed by atoms with Crippen molar-refractivity contribution in [2.75, 3.05) is 77.1 Å². The van der Waals surface area contributed by atoms with E-state index in [0.29, 0.717) is 36.9 Å². The Kier molecular flexibility index (Phi) is 18.0. The molecule has 3 N–H and O–H groups in total. The maximum absolute atomic E-state index is 14.9. The van der Waals surface area contributed by atoms with Crippen LogP contribution in [0, 0.1) is 0 Å². The lowest BCUT2D eigenvalue weighted by Gasteiger charge is -2.36. The molecule has 2 saturated heterocycles. The molecule has 19 heteroatoms. The molecule has 2 aliphatic rings. The van der Waals surface area contributed by atoms with Crippen molar-refractivity contribution in [2.45, 2.75) is 104 Å². The molecular weight excluding hydrogens is 807 g/mol. The quantitative estimate of drug-likeness (QED) is 0.0774. The fourth-order valence-electron chi connectivity index (χ4n) is 6.60. The first-order valence-electron chi connectivity index (χ1n) is 21.0. The summed E-state index contributed by atoms with van der Waals surface area (Å²) in [5.74, 6) is -1.52. The Bertz CT molecular complexity index is 1810. The van der Waals surface area contributed by atoms with Crippen molar-refractivity contribution in [3.8, 4) is 11.4 Å². The Balaban J connectivity index is 1.65. The van der Waals surface area contributed by atoms with Crippen LogP contribution in [0.15, 0.2) is 36.4 Å². The molecule has 0 aliphatic carbocycles. The third-order valence-corrected chi connectivity index (χ3v) is 12.0. The number of carbonyl (C=O) groups is 5. The second-order valence-corrected chi connectivity index (χ2v) is 19.6. The van der Waals surface area contributed by atoms with Crippen molar-refractivity contribution in [1.82, 2.24) is 35.3 Å². The van der Waals surface area contributed by atoms with Gasteiger partial charge in [0.15, 0.2) is 5.82 Å². The third kappa shape index (κ3) is 16.3. The molecular formula is C42H65N8O10P. The van der Waals surface area contributed by atoms with Crippen molar-refractivity contribution in [3.63, 3.8) is 0 Å². The van der Waals surface area contributed by atoms with E-state index in [2.05, 4.69) is 20.5 Å². The number of nitrogens with zero attached hydrogens (tertiary/aromatic N) is 5. The van der Waals surface area contributed by atoms with Crippen LogP contribution in [0.5, 0.6) is 0 Å². The Morgan fingerprint density at radius 2 is 1.44 bits per heavy atom. The highest BCUT2D eigenvalue weighted by atomic mass is 31.2. The molecule has 3 heterocycles. The van der Waals surface area contributed by atoms with Gasteiger partial charge in [-0.1, -0.05) is 43.7 Å². The van der Waals surface area contributed by atoms with Crippen LogP contribution < -0.4 is 20.4 Å². The van der Waals surface area contributed by atoms with Crippen LogP contribution >= 0.6 is 7.44 Å². The number of hydrogen-bond donors (Lipinski definition) is 3. The Hall–Kier alpha value is -4.64. The molecule has 1 unspecified atom stereocenters. The summed E-state index contributed by atoms with van der Waals surface area (Å²) in [4.78, 5) is 81.4. The summed E-state index contributed by atoms with van der Waals surface area (Å²) in [5, 5.41) is 8.68. The van der Waals surface area contributed by atoms with Gasteiger partial charge in [0.25, 0.3) is 5.91 Å². The second-order valence-electron chi connectivity index (χ2n) is 17.1. The molecule has 0 spiro atoms. The first-order valence-corrected chi connectivity index (χ1v) is 22.9. The van der Waals surface area contributed by atoms with Gasteiger partial charge in [0.05, 0.1) is 31.7 Å². The van der Waals surface area contributed by atoms with E-state index in [9.17, 15) is 28.5 Å². The lowest BCUT2D eigenvalue weighted by Crippen LogP contribution is -2.57. The number of aromatic nitrogens is 2. The Labute approximate surface area is 359 Å². The standard InChI is InChI=1S/C42H65N8O10P/c1-9-10-26-58-40(55)49-24-22-48(23-25-49)39(54)33(29-61(56,43-19-16-35(51)59-41(2,3)4)44-20-17-36(52)60-42(5,6)7)46-38(53)32-27-34(50-21-18-31(28-50)57-8)47-37(45-32)30-14-12-11-13-15-30/h11-15,27,31,33H,9-10,16-26,28-29H2,1-8H3,(H,46,53)(H2,43,44,56)/t31-,33?/m0/s1. The number of rotatable bonds is 19. The van der Waals surface area contributed by atoms with Crippen molar-refractivity contribution < 1.29 is 47.5 Å². The molecule has 338 valence electrons. The zero-order chi connectivity index (χ0) is 44.8. The molecule has 4 rings (SSSR count). The molecule has 3 amide bonds. The van der Waals surface area contributed by atoms with Gasteiger partial charge in [0.1, 0.15) is 28.8 Å². The molecule has 0 bridgehead atoms. The van der Waals surface area contributed by atoms with E-state index in [0.717, 1.165) is 19.3 Å². The maximum atomic E-state index is 14.9. The highest BCUT2D eigenvalue weighted by Crippen LogP contribution is 2.37. The predicted octanol–water partition coefficient (Wildman–Crippen LogP) is 4.38. The number of benzene rings is 1. The topological polar surface area (TPSA) is 211 Å². The molecule has 18 nitrogen and oxygen atoms in total. The number of methoxy groups -OCH3 is 1. The van der Waals surface area contributed by atoms with E-state index in [1.54, 1.807) is 54.7 Å². The number of hydrogen-bond acceptors (Lipinski definition) is 13. The Morgan fingerprint density at radius 1 is 0.852 bits per heavy atom. The van der Waals surface area contributed by atoms with Gasteiger partial charge in [0, 0.05) is 71.1 Å². The zero-order valence-corrected chi connectivity index (χ0v) is 37.9. The predicted molar refractivity (Wildman–Crippen MR) is 230 cm³/mol. The monoisotopic (exact) mass is 872 g/mol. The zero-order valence-electron chi connectivity index (χ0n) is 37.0. The van der Waals surface area contributed by atoms with Crippen LogP contribution in [0.2, 0.25) is 0 Å². The van der Waals surface area contributed by atoms with Crippen molar-refractivity contribution in [1.29, 1.82) is 0 Å². The number of piperazine rings is 1. The maximum Gasteiger partial charge on any atom is 0.409 e. The van der Waals surface area contributed by atoms with Crippen LogP contribution in [-0.4, -0.2) is 145 Å². The lowest BCUT2D eigenvalue weighted by atomic mass is 10.2.